The second kappa shape index (κ2) is 4.92. The highest BCUT2D eigenvalue weighted by Gasteiger charge is 2.03. The van der Waals surface area contributed by atoms with Crippen LogP contribution >= 0.6 is 12.2 Å². The molecule has 0 aliphatic rings. The molecule has 1 heterocycles. The molecule has 6 heteroatoms. The number of hydrogen-bond donors (Lipinski definition) is 2. The molecule has 0 saturated carbocycles. The topological polar surface area (TPSA) is 58.9 Å². The first-order valence-electron chi connectivity index (χ1n) is 5.23. The Morgan fingerprint density at radius 3 is 3.00 bits per heavy atom. The number of aromatic nitrogens is 2. The van der Waals surface area contributed by atoms with E-state index in [9.17, 15) is 4.79 Å². The van der Waals surface area contributed by atoms with Crippen LogP contribution in [-0.4, -0.2) is 21.3 Å². The quantitative estimate of drug-likeness (QED) is 0.771. The molecule has 0 atom stereocenters. The van der Waals surface area contributed by atoms with Gasteiger partial charge < -0.3 is 5.32 Å². The lowest BCUT2D eigenvalue weighted by molar-refractivity contribution is 0.867. The van der Waals surface area contributed by atoms with Crippen LogP contribution in [0.3, 0.4) is 0 Å². The van der Waals surface area contributed by atoms with E-state index in [4.69, 9.17) is 12.2 Å². The molecule has 17 heavy (non-hydrogen) atoms. The summed E-state index contributed by atoms with van der Waals surface area (Å²) in [6, 6.07) is 7.18. The molecule has 0 amide bonds. The molecule has 0 spiro atoms. The van der Waals surface area contributed by atoms with Gasteiger partial charge in [-0.05, 0) is 31.3 Å². The molecular formula is C11H12N4OS. The predicted molar refractivity (Wildman–Crippen MR) is 71.6 cm³/mol. The highest BCUT2D eigenvalue weighted by atomic mass is 32.1. The van der Waals surface area contributed by atoms with E-state index in [0.717, 1.165) is 0 Å². The summed E-state index contributed by atoms with van der Waals surface area (Å²) < 4.78 is 1.27. The lowest BCUT2D eigenvalue weighted by Crippen LogP contribution is -2.39. The summed E-state index contributed by atoms with van der Waals surface area (Å²) in [5.74, 6) is 0. The molecule has 2 N–H and O–H groups in total. The van der Waals surface area contributed by atoms with Gasteiger partial charge in [-0.1, -0.05) is 12.1 Å². The highest BCUT2D eigenvalue weighted by Crippen LogP contribution is 2.03. The molecule has 0 fully saturated rings. The first-order valence-corrected chi connectivity index (χ1v) is 5.64. The summed E-state index contributed by atoms with van der Waals surface area (Å²) in [5.41, 5.74) is 3.27. The van der Waals surface area contributed by atoms with Crippen LogP contribution in [0.1, 0.15) is 6.92 Å². The fourth-order valence-corrected chi connectivity index (χ4v) is 1.70. The zero-order valence-electron chi connectivity index (χ0n) is 9.30. The molecule has 1 aromatic carbocycles. The SMILES string of the molecule is CCNC(=S)Nn1cnc2ccccc2c1=O. The largest absolute Gasteiger partial charge is 0.362 e. The van der Waals surface area contributed by atoms with E-state index < -0.39 is 0 Å². The van der Waals surface area contributed by atoms with Crippen LogP contribution in [0.15, 0.2) is 35.4 Å². The van der Waals surface area contributed by atoms with Gasteiger partial charge in [0.1, 0.15) is 6.33 Å². The monoisotopic (exact) mass is 248 g/mol. The summed E-state index contributed by atoms with van der Waals surface area (Å²) in [5, 5.41) is 3.85. The molecule has 1 aromatic heterocycles. The van der Waals surface area contributed by atoms with Crippen molar-refractivity contribution in [1.29, 1.82) is 0 Å². The van der Waals surface area contributed by atoms with Crippen molar-refractivity contribution < 1.29 is 0 Å². The molecule has 2 aromatic rings. The van der Waals surface area contributed by atoms with E-state index in [1.807, 2.05) is 13.0 Å². The van der Waals surface area contributed by atoms with Crippen LogP contribution in [0.25, 0.3) is 10.9 Å². The molecular weight excluding hydrogens is 236 g/mol. The third-order valence-corrected chi connectivity index (χ3v) is 2.46. The van der Waals surface area contributed by atoms with Gasteiger partial charge in [0, 0.05) is 6.54 Å². The van der Waals surface area contributed by atoms with Crippen LogP contribution < -0.4 is 16.3 Å². The average molecular weight is 248 g/mol. The van der Waals surface area contributed by atoms with Gasteiger partial charge in [0.2, 0.25) is 0 Å². The first kappa shape index (κ1) is 11.5. The standard InChI is InChI=1S/C11H12N4OS/c1-2-12-11(17)14-15-7-13-9-6-4-3-5-8(9)10(15)16/h3-7H,2H2,1H3,(H2,12,14,17). The van der Waals surface area contributed by atoms with E-state index in [1.165, 1.54) is 11.0 Å². The minimum Gasteiger partial charge on any atom is -0.362 e. The number of para-hydroxylation sites is 1. The molecule has 0 unspecified atom stereocenters. The zero-order chi connectivity index (χ0) is 12.3. The number of fused-ring (bicyclic) bond motifs is 1. The average Bonchev–Trinajstić information content (AvgIpc) is 2.33. The van der Waals surface area contributed by atoms with Crippen molar-refractivity contribution in [2.24, 2.45) is 0 Å². The van der Waals surface area contributed by atoms with E-state index in [0.29, 0.717) is 22.6 Å². The number of benzene rings is 1. The molecule has 2 rings (SSSR count). The molecule has 0 bridgehead atoms. The number of nitrogens with zero attached hydrogens (tertiary/aromatic N) is 2. The lowest BCUT2D eigenvalue weighted by atomic mass is 10.2. The van der Waals surface area contributed by atoms with Crippen molar-refractivity contribution in [3.63, 3.8) is 0 Å². The van der Waals surface area contributed by atoms with Crippen LogP contribution in [0.5, 0.6) is 0 Å². The van der Waals surface area contributed by atoms with Gasteiger partial charge in [0.15, 0.2) is 5.11 Å². The van der Waals surface area contributed by atoms with Crippen molar-refractivity contribution in [3.8, 4) is 0 Å². The molecule has 0 radical (unpaired) electrons. The number of hydrogen-bond acceptors (Lipinski definition) is 3. The smallest absolute Gasteiger partial charge is 0.280 e. The van der Waals surface area contributed by atoms with E-state index in [-0.39, 0.29) is 5.56 Å². The summed E-state index contributed by atoms with van der Waals surface area (Å²) in [4.78, 5) is 16.2. The summed E-state index contributed by atoms with van der Waals surface area (Å²) in [6.07, 6.45) is 1.42. The van der Waals surface area contributed by atoms with Gasteiger partial charge in [-0.25, -0.2) is 9.66 Å². The second-order valence-electron chi connectivity index (χ2n) is 3.41. The Bertz CT molecular complexity index is 608. The van der Waals surface area contributed by atoms with E-state index >= 15 is 0 Å². The summed E-state index contributed by atoms with van der Waals surface area (Å²) in [7, 11) is 0. The third-order valence-electron chi connectivity index (χ3n) is 2.22. The second-order valence-corrected chi connectivity index (χ2v) is 3.82. The van der Waals surface area contributed by atoms with Crippen LogP contribution in [0, 0.1) is 0 Å². The van der Waals surface area contributed by atoms with Gasteiger partial charge in [-0.15, -0.1) is 0 Å². The normalized spacial score (nSPS) is 10.2. The number of rotatable bonds is 2. The Morgan fingerprint density at radius 2 is 2.24 bits per heavy atom. The third kappa shape index (κ3) is 2.42. The minimum absolute atomic E-state index is 0.171. The molecule has 5 nitrogen and oxygen atoms in total. The van der Waals surface area contributed by atoms with Gasteiger partial charge in [0.05, 0.1) is 10.9 Å². The van der Waals surface area contributed by atoms with Crippen molar-refractivity contribution in [1.82, 2.24) is 15.0 Å². The van der Waals surface area contributed by atoms with Crippen molar-refractivity contribution >= 4 is 28.2 Å². The molecule has 0 saturated heterocycles. The first-order chi connectivity index (χ1) is 8.22. The van der Waals surface area contributed by atoms with Crippen molar-refractivity contribution in [2.45, 2.75) is 6.92 Å². The highest BCUT2D eigenvalue weighted by molar-refractivity contribution is 7.80. The number of nitrogens with one attached hydrogen (secondary N) is 2. The van der Waals surface area contributed by atoms with Crippen molar-refractivity contribution in [3.05, 3.63) is 40.9 Å². The lowest BCUT2D eigenvalue weighted by Gasteiger charge is -2.10. The molecule has 0 aliphatic carbocycles. The Labute approximate surface area is 103 Å². The fraction of sp³-hybridized carbons (Fsp3) is 0.182. The summed E-state index contributed by atoms with van der Waals surface area (Å²) in [6.45, 7) is 2.62. The maximum atomic E-state index is 12.0. The van der Waals surface area contributed by atoms with Crippen molar-refractivity contribution in [2.75, 3.05) is 12.0 Å². The van der Waals surface area contributed by atoms with Crippen LogP contribution in [-0.2, 0) is 0 Å². The molecule has 88 valence electrons. The van der Waals surface area contributed by atoms with Crippen LogP contribution in [0.2, 0.25) is 0 Å². The summed E-state index contributed by atoms with van der Waals surface area (Å²) >= 11 is 5.01. The number of thiocarbonyl (C=S) groups is 1. The maximum Gasteiger partial charge on any atom is 0.280 e. The maximum absolute atomic E-state index is 12.0. The minimum atomic E-state index is -0.171. The van der Waals surface area contributed by atoms with E-state index in [1.54, 1.807) is 18.2 Å². The Balaban J connectivity index is 2.39. The molecule has 0 aliphatic heterocycles. The predicted octanol–water partition coefficient (Wildman–Crippen LogP) is 0.834. The van der Waals surface area contributed by atoms with E-state index in [2.05, 4.69) is 15.7 Å². The van der Waals surface area contributed by atoms with Crippen LogP contribution in [0.4, 0.5) is 0 Å². The van der Waals surface area contributed by atoms with Gasteiger partial charge >= 0.3 is 0 Å². The van der Waals surface area contributed by atoms with Gasteiger partial charge in [-0.3, -0.25) is 10.2 Å². The Kier molecular flexibility index (Phi) is 3.34. The Hall–Kier alpha value is -1.95. The van der Waals surface area contributed by atoms with Gasteiger partial charge in [0.25, 0.3) is 5.56 Å². The zero-order valence-corrected chi connectivity index (χ0v) is 10.1. The van der Waals surface area contributed by atoms with Gasteiger partial charge in [-0.2, -0.15) is 0 Å². The Morgan fingerprint density at radius 1 is 1.47 bits per heavy atom. The fourth-order valence-electron chi connectivity index (χ4n) is 1.46.